The van der Waals surface area contributed by atoms with E-state index in [-0.39, 0.29) is 16.8 Å². The summed E-state index contributed by atoms with van der Waals surface area (Å²) in [6.07, 6.45) is 1.74. The smallest absolute Gasteiger partial charge is 0.257 e. The number of anilines is 1. The molecule has 1 amide bonds. The number of para-hydroxylation sites is 1. The Kier molecular flexibility index (Phi) is 5.02. The van der Waals surface area contributed by atoms with Gasteiger partial charge >= 0.3 is 0 Å². The Balaban J connectivity index is 1.58. The molecule has 6 nitrogen and oxygen atoms in total. The first kappa shape index (κ1) is 19.4. The molecule has 2 N–H and O–H groups in total. The lowest BCUT2D eigenvalue weighted by Crippen LogP contribution is -2.25. The van der Waals surface area contributed by atoms with Crippen LogP contribution >= 0.6 is 0 Å². The number of aromatic nitrogens is 1. The van der Waals surface area contributed by atoms with E-state index in [9.17, 15) is 13.2 Å². The number of sulfonamides is 1. The van der Waals surface area contributed by atoms with E-state index in [2.05, 4.69) is 10.0 Å². The molecule has 7 heteroatoms. The second-order valence-electron chi connectivity index (χ2n) is 7.33. The van der Waals surface area contributed by atoms with Gasteiger partial charge < -0.3 is 9.88 Å². The van der Waals surface area contributed by atoms with Crippen molar-refractivity contribution in [2.45, 2.75) is 37.6 Å². The molecular weight excluding hydrogens is 386 g/mol. The summed E-state index contributed by atoms with van der Waals surface area (Å²) in [6, 6.07) is 18.0. The van der Waals surface area contributed by atoms with Crippen LogP contribution in [0.15, 0.2) is 65.6 Å². The third-order valence-corrected chi connectivity index (χ3v) is 6.51. The van der Waals surface area contributed by atoms with Crippen LogP contribution in [0.5, 0.6) is 0 Å². The largest absolute Gasteiger partial charge is 0.322 e. The van der Waals surface area contributed by atoms with Crippen molar-refractivity contribution in [3.63, 3.8) is 0 Å². The number of aryl methyl sites for hydroxylation is 1. The first-order chi connectivity index (χ1) is 13.8. The highest BCUT2D eigenvalue weighted by molar-refractivity contribution is 7.89. The minimum Gasteiger partial charge on any atom is -0.322 e. The molecule has 4 rings (SSSR count). The van der Waals surface area contributed by atoms with E-state index in [0.717, 1.165) is 29.9 Å². The molecular formula is C22H23N3O3S. The summed E-state index contributed by atoms with van der Waals surface area (Å²) in [5, 5.41) is 2.83. The zero-order chi connectivity index (χ0) is 20.6. The molecule has 0 saturated heterocycles. The van der Waals surface area contributed by atoms with E-state index in [1.165, 1.54) is 12.1 Å². The number of carbonyl (C=O) groups excluding carboxylic acids is 1. The van der Waals surface area contributed by atoms with Crippen LogP contribution in [-0.4, -0.2) is 24.9 Å². The van der Waals surface area contributed by atoms with Crippen LogP contribution in [0.1, 0.15) is 34.6 Å². The van der Waals surface area contributed by atoms with Crippen LogP contribution in [0, 0.1) is 13.8 Å². The van der Waals surface area contributed by atoms with Crippen LogP contribution in [0.2, 0.25) is 0 Å². The van der Waals surface area contributed by atoms with Crippen molar-refractivity contribution >= 4 is 21.6 Å². The molecule has 0 radical (unpaired) electrons. The Hall–Kier alpha value is -2.90. The van der Waals surface area contributed by atoms with Gasteiger partial charge in [-0.15, -0.1) is 0 Å². The Morgan fingerprint density at radius 2 is 1.72 bits per heavy atom. The van der Waals surface area contributed by atoms with E-state index < -0.39 is 10.0 Å². The zero-order valence-electron chi connectivity index (χ0n) is 16.3. The van der Waals surface area contributed by atoms with Crippen molar-refractivity contribution in [1.29, 1.82) is 0 Å². The van der Waals surface area contributed by atoms with Gasteiger partial charge in [0.15, 0.2) is 0 Å². The summed E-state index contributed by atoms with van der Waals surface area (Å²) in [4.78, 5) is 13.0. The lowest BCUT2D eigenvalue weighted by molar-refractivity contribution is 0.102. The molecule has 150 valence electrons. The number of benzene rings is 2. The Morgan fingerprint density at radius 1 is 1.00 bits per heavy atom. The molecule has 3 aromatic rings. The number of hydrogen-bond acceptors (Lipinski definition) is 3. The number of hydrogen-bond donors (Lipinski definition) is 2. The molecule has 1 saturated carbocycles. The monoisotopic (exact) mass is 409 g/mol. The molecule has 0 unspecified atom stereocenters. The molecule has 1 aliphatic carbocycles. The van der Waals surface area contributed by atoms with Gasteiger partial charge in [0.25, 0.3) is 5.91 Å². The predicted molar refractivity (Wildman–Crippen MR) is 113 cm³/mol. The predicted octanol–water partition coefficient (Wildman–Crippen LogP) is 3.79. The fourth-order valence-electron chi connectivity index (χ4n) is 3.40. The van der Waals surface area contributed by atoms with Crippen molar-refractivity contribution in [2.75, 3.05) is 5.32 Å². The molecule has 1 aliphatic rings. The number of carbonyl (C=O) groups is 1. The average Bonchev–Trinajstić information content (AvgIpc) is 3.44. The molecule has 1 heterocycles. The fourth-order valence-corrected chi connectivity index (χ4v) is 4.75. The second kappa shape index (κ2) is 7.50. The van der Waals surface area contributed by atoms with Gasteiger partial charge in [-0.3, -0.25) is 4.79 Å². The first-order valence-electron chi connectivity index (χ1n) is 9.53. The van der Waals surface area contributed by atoms with E-state index in [1.54, 1.807) is 12.1 Å². The lowest BCUT2D eigenvalue weighted by Gasteiger charge is -2.11. The normalized spacial score (nSPS) is 14.0. The van der Waals surface area contributed by atoms with E-state index in [0.29, 0.717) is 11.3 Å². The minimum atomic E-state index is -3.57. The van der Waals surface area contributed by atoms with Crippen LogP contribution in [0.25, 0.3) is 5.69 Å². The molecule has 0 spiro atoms. The third-order valence-electron chi connectivity index (χ3n) is 4.99. The minimum absolute atomic E-state index is 0.0293. The van der Waals surface area contributed by atoms with Gasteiger partial charge in [-0.1, -0.05) is 24.3 Å². The SMILES string of the molecule is Cc1cc(C(=O)Nc2cccc(S(=O)(=O)NC3CC3)c2)c(C)n1-c1ccccc1. The maximum atomic E-state index is 12.9. The van der Waals surface area contributed by atoms with Crippen molar-refractivity contribution in [2.24, 2.45) is 0 Å². The Labute approximate surface area is 170 Å². The lowest BCUT2D eigenvalue weighted by atomic mass is 10.2. The van der Waals surface area contributed by atoms with Crippen molar-refractivity contribution in [3.8, 4) is 5.69 Å². The average molecular weight is 410 g/mol. The van der Waals surface area contributed by atoms with Crippen LogP contribution < -0.4 is 10.0 Å². The second-order valence-corrected chi connectivity index (χ2v) is 9.05. The van der Waals surface area contributed by atoms with Crippen LogP contribution in [0.3, 0.4) is 0 Å². The highest BCUT2D eigenvalue weighted by Crippen LogP contribution is 2.25. The molecule has 0 bridgehead atoms. The number of nitrogens with one attached hydrogen (secondary N) is 2. The van der Waals surface area contributed by atoms with Crippen LogP contribution in [-0.2, 0) is 10.0 Å². The maximum Gasteiger partial charge on any atom is 0.257 e. The van der Waals surface area contributed by atoms with Gasteiger partial charge in [0.05, 0.1) is 10.5 Å². The van der Waals surface area contributed by atoms with E-state index >= 15 is 0 Å². The van der Waals surface area contributed by atoms with Crippen molar-refractivity contribution < 1.29 is 13.2 Å². The number of amides is 1. The zero-order valence-corrected chi connectivity index (χ0v) is 17.2. The molecule has 0 aliphatic heterocycles. The molecule has 1 fully saturated rings. The highest BCUT2D eigenvalue weighted by Gasteiger charge is 2.28. The molecule has 0 atom stereocenters. The molecule has 29 heavy (non-hydrogen) atoms. The Bertz CT molecular complexity index is 1160. The van der Waals surface area contributed by atoms with Gasteiger partial charge in [-0.25, -0.2) is 13.1 Å². The van der Waals surface area contributed by atoms with Gasteiger partial charge in [-0.2, -0.15) is 0 Å². The third kappa shape index (κ3) is 4.11. The van der Waals surface area contributed by atoms with Crippen molar-refractivity contribution in [3.05, 3.63) is 77.6 Å². The van der Waals surface area contributed by atoms with Gasteiger partial charge in [0.1, 0.15) is 0 Å². The Morgan fingerprint density at radius 3 is 2.41 bits per heavy atom. The number of nitrogens with zero attached hydrogens (tertiary/aromatic N) is 1. The van der Waals surface area contributed by atoms with Crippen molar-refractivity contribution in [1.82, 2.24) is 9.29 Å². The summed E-state index contributed by atoms with van der Waals surface area (Å²) in [5.41, 5.74) is 3.75. The molecule has 1 aromatic heterocycles. The van der Waals surface area contributed by atoms with Gasteiger partial charge in [0.2, 0.25) is 10.0 Å². The summed E-state index contributed by atoms with van der Waals surface area (Å²) < 4.78 is 29.5. The topological polar surface area (TPSA) is 80.2 Å². The van der Waals surface area contributed by atoms with Crippen LogP contribution in [0.4, 0.5) is 5.69 Å². The van der Waals surface area contributed by atoms with E-state index in [1.807, 2.05) is 54.8 Å². The summed E-state index contributed by atoms with van der Waals surface area (Å²) in [7, 11) is -3.57. The summed E-state index contributed by atoms with van der Waals surface area (Å²) in [6.45, 7) is 3.85. The highest BCUT2D eigenvalue weighted by atomic mass is 32.2. The first-order valence-corrected chi connectivity index (χ1v) is 11.0. The summed E-state index contributed by atoms with van der Waals surface area (Å²) in [5.74, 6) is -0.273. The number of rotatable bonds is 6. The van der Waals surface area contributed by atoms with Gasteiger partial charge in [0, 0.05) is 28.8 Å². The fraction of sp³-hybridized carbons (Fsp3) is 0.227. The quantitative estimate of drug-likeness (QED) is 0.650. The standard InChI is InChI=1S/C22H23N3O3S/c1-15-13-21(16(2)25(15)19-8-4-3-5-9-19)22(26)23-18-7-6-10-20(14-18)29(27,28)24-17-11-12-17/h3-10,13-14,17,24H,11-12H2,1-2H3,(H,23,26). The summed E-state index contributed by atoms with van der Waals surface area (Å²) >= 11 is 0. The van der Waals surface area contributed by atoms with Gasteiger partial charge in [-0.05, 0) is 63.1 Å². The maximum absolute atomic E-state index is 12.9. The molecule has 2 aromatic carbocycles. The van der Waals surface area contributed by atoms with E-state index in [4.69, 9.17) is 0 Å².